The second-order valence-electron chi connectivity index (χ2n) is 5.94. The molecule has 0 radical (unpaired) electrons. The molecule has 0 bridgehead atoms. The normalized spacial score (nSPS) is 12.7. The van der Waals surface area contributed by atoms with Crippen molar-refractivity contribution in [2.45, 2.75) is 41.5 Å². The Morgan fingerprint density at radius 3 is 1.33 bits per heavy atom. The summed E-state index contributed by atoms with van der Waals surface area (Å²) in [5.74, 6) is -0.792. The maximum absolute atomic E-state index is 12.0. The van der Waals surface area contributed by atoms with Crippen LogP contribution in [0.2, 0.25) is 0 Å². The predicted molar refractivity (Wildman–Crippen MR) is 62.6 cm³/mol. The zero-order valence-corrected chi connectivity index (χ0v) is 10.7. The van der Waals surface area contributed by atoms with Crippen molar-refractivity contribution in [2.75, 3.05) is 0 Å². The van der Waals surface area contributed by atoms with E-state index in [9.17, 15) is 9.59 Å². The molecule has 0 aromatic carbocycles. The molecule has 86 valence electrons. The van der Waals surface area contributed by atoms with Crippen molar-refractivity contribution in [1.29, 1.82) is 0 Å². The number of carbonyl (C=O) groups is 2. The quantitative estimate of drug-likeness (QED) is 0.530. The molecule has 0 saturated carbocycles. The largest absolute Gasteiger partial charge is 0.298 e. The topological polar surface area (TPSA) is 34.1 Å². The second-order valence-corrected chi connectivity index (χ2v) is 5.94. The summed E-state index contributed by atoms with van der Waals surface area (Å²) >= 11 is 0. The van der Waals surface area contributed by atoms with E-state index in [4.69, 9.17) is 0 Å². The van der Waals surface area contributed by atoms with E-state index >= 15 is 0 Å². The van der Waals surface area contributed by atoms with E-state index in [-0.39, 0.29) is 11.6 Å². The molecule has 0 N–H and O–H groups in total. The van der Waals surface area contributed by atoms with Crippen molar-refractivity contribution in [1.82, 2.24) is 0 Å². The highest BCUT2D eigenvalue weighted by molar-refractivity contribution is 6.07. The molecule has 0 aromatic heterocycles. The first-order chi connectivity index (χ1) is 6.51. The van der Waals surface area contributed by atoms with E-state index in [2.05, 4.69) is 6.58 Å². The van der Waals surface area contributed by atoms with Gasteiger partial charge in [0.05, 0.1) is 5.92 Å². The number of hydrogen-bond donors (Lipinski definition) is 0. The number of carbonyl (C=O) groups excluding carboxylic acids is 2. The van der Waals surface area contributed by atoms with Gasteiger partial charge < -0.3 is 0 Å². The third-order valence-electron chi connectivity index (χ3n) is 2.28. The van der Waals surface area contributed by atoms with Crippen molar-refractivity contribution in [3.8, 4) is 0 Å². The van der Waals surface area contributed by atoms with Crippen LogP contribution in [0.3, 0.4) is 0 Å². The van der Waals surface area contributed by atoms with E-state index in [1.165, 1.54) is 6.08 Å². The highest BCUT2D eigenvalue weighted by atomic mass is 16.2. The fraction of sp³-hybridized carbons (Fsp3) is 0.692. The van der Waals surface area contributed by atoms with Crippen LogP contribution in [0.25, 0.3) is 0 Å². The van der Waals surface area contributed by atoms with Crippen LogP contribution in [0.4, 0.5) is 0 Å². The Labute approximate surface area is 92.8 Å². The molecule has 0 rings (SSSR count). The standard InChI is InChI=1S/C13H22O2/c1-8-9(10(14)12(2,3)4)11(15)13(5,6)7/h8-9H,1H2,2-7H3. The summed E-state index contributed by atoms with van der Waals surface area (Å²) in [5.41, 5.74) is -1.00. The molecular formula is C13H22O2. The van der Waals surface area contributed by atoms with Gasteiger partial charge in [-0.3, -0.25) is 9.59 Å². The van der Waals surface area contributed by atoms with Gasteiger partial charge >= 0.3 is 0 Å². The minimum absolute atomic E-state index is 0.0579. The molecule has 0 unspecified atom stereocenters. The molecule has 0 spiro atoms. The second kappa shape index (κ2) is 4.30. The summed E-state index contributed by atoms with van der Waals surface area (Å²) < 4.78 is 0. The van der Waals surface area contributed by atoms with Crippen LogP contribution in [0.5, 0.6) is 0 Å². The van der Waals surface area contributed by atoms with Gasteiger partial charge in [0.25, 0.3) is 0 Å². The summed E-state index contributed by atoms with van der Waals surface area (Å²) in [6.07, 6.45) is 1.46. The van der Waals surface area contributed by atoms with E-state index < -0.39 is 16.7 Å². The Kier molecular flexibility index (Phi) is 4.03. The Hall–Kier alpha value is -0.920. The number of hydrogen-bond acceptors (Lipinski definition) is 2. The first-order valence-electron chi connectivity index (χ1n) is 5.23. The lowest BCUT2D eigenvalue weighted by Gasteiger charge is -2.26. The average Bonchev–Trinajstić information content (AvgIpc) is 2.01. The SMILES string of the molecule is C=CC(C(=O)C(C)(C)C)C(=O)C(C)(C)C. The third-order valence-corrected chi connectivity index (χ3v) is 2.28. The first-order valence-corrected chi connectivity index (χ1v) is 5.23. The number of rotatable bonds is 3. The van der Waals surface area contributed by atoms with Gasteiger partial charge in [-0.2, -0.15) is 0 Å². The zero-order valence-electron chi connectivity index (χ0n) is 10.7. The van der Waals surface area contributed by atoms with E-state index in [1.807, 2.05) is 41.5 Å². The predicted octanol–water partition coefficient (Wildman–Crippen LogP) is 3.02. The van der Waals surface area contributed by atoms with Crippen LogP contribution in [-0.2, 0) is 9.59 Å². The fourth-order valence-electron chi connectivity index (χ4n) is 1.27. The molecular weight excluding hydrogens is 188 g/mol. The summed E-state index contributed by atoms with van der Waals surface area (Å²) in [6, 6.07) is 0. The molecule has 2 nitrogen and oxygen atoms in total. The summed E-state index contributed by atoms with van der Waals surface area (Å²) in [4.78, 5) is 24.0. The molecule has 0 fully saturated rings. The van der Waals surface area contributed by atoms with E-state index in [0.717, 1.165) is 0 Å². The van der Waals surface area contributed by atoms with Gasteiger partial charge in [-0.05, 0) is 0 Å². The molecule has 2 heteroatoms. The maximum Gasteiger partial charge on any atom is 0.152 e. The number of ketones is 2. The van der Waals surface area contributed by atoms with Gasteiger partial charge in [-0.1, -0.05) is 47.6 Å². The van der Waals surface area contributed by atoms with Crippen LogP contribution in [-0.4, -0.2) is 11.6 Å². The molecule has 0 saturated heterocycles. The van der Waals surface area contributed by atoms with Crippen LogP contribution < -0.4 is 0 Å². The van der Waals surface area contributed by atoms with Crippen molar-refractivity contribution in [2.24, 2.45) is 16.7 Å². The van der Waals surface area contributed by atoms with Crippen LogP contribution in [0, 0.1) is 16.7 Å². The molecule has 0 amide bonds. The van der Waals surface area contributed by atoms with Crippen molar-refractivity contribution < 1.29 is 9.59 Å². The van der Waals surface area contributed by atoms with Crippen molar-refractivity contribution in [3.05, 3.63) is 12.7 Å². The van der Waals surface area contributed by atoms with Crippen LogP contribution in [0.15, 0.2) is 12.7 Å². The fourth-order valence-corrected chi connectivity index (χ4v) is 1.27. The smallest absolute Gasteiger partial charge is 0.152 e. The summed E-state index contributed by atoms with van der Waals surface area (Å²) in [7, 11) is 0. The zero-order chi connectivity index (χ0) is 12.4. The van der Waals surface area contributed by atoms with Gasteiger partial charge in [0.1, 0.15) is 0 Å². The lowest BCUT2D eigenvalue weighted by atomic mass is 9.75. The summed E-state index contributed by atoms with van der Waals surface area (Å²) in [5, 5.41) is 0. The van der Waals surface area contributed by atoms with Gasteiger partial charge in [0.15, 0.2) is 11.6 Å². The lowest BCUT2D eigenvalue weighted by Crippen LogP contribution is -2.37. The molecule has 0 aliphatic carbocycles. The average molecular weight is 210 g/mol. The molecule has 0 aliphatic heterocycles. The highest BCUT2D eigenvalue weighted by Gasteiger charge is 2.37. The van der Waals surface area contributed by atoms with Gasteiger partial charge in [0.2, 0.25) is 0 Å². The maximum atomic E-state index is 12.0. The minimum Gasteiger partial charge on any atom is -0.298 e. The summed E-state index contributed by atoms with van der Waals surface area (Å²) in [6.45, 7) is 14.5. The van der Waals surface area contributed by atoms with Crippen LogP contribution >= 0.6 is 0 Å². The Morgan fingerprint density at radius 2 is 1.20 bits per heavy atom. The number of allylic oxidation sites excluding steroid dienone is 1. The third kappa shape index (κ3) is 3.61. The van der Waals surface area contributed by atoms with Crippen molar-refractivity contribution >= 4 is 11.6 Å². The van der Waals surface area contributed by atoms with Gasteiger partial charge in [0, 0.05) is 10.8 Å². The number of Topliss-reactive ketones (excluding diaryl/α,β-unsaturated/α-hetero) is 2. The molecule has 0 aromatic rings. The van der Waals surface area contributed by atoms with Crippen LogP contribution in [0.1, 0.15) is 41.5 Å². The Morgan fingerprint density at radius 1 is 0.933 bits per heavy atom. The molecule has 0 heterocycles. The monoisotopic (exact) mass is 210 g/mol. The molecule has 0 aliphatic rings. The first kappa shape index (κ1) is 14.1. The lowest BCUT2D eigenvalue weighted by molar-refractivity contribution is -0.139. The van der Waals surface area contributed by atoms with E-state index in [1.54, 1.807) is 0 Å². The molecule has 0 atom stereocenters. The van der Waals surface area contributed by atoms with Crippen molar-refractivity contribution in [3.63, 3.8) is 0 Å². The Bertz CT molecular complexity index is 248. The highest BCUT2D eigenvalue weighted by Crippen LogP contribution is 2.27. The van der Waals surface area contributed by atoms with E-state index in [0.29, 0.717) is 0 Å². The minimum atomic E-state index is -0.676. The van der Waals surface area contributed by atoms with Gasteiger partial charge in [-0.25, -0.2) is 0 Å². The molecule has 15 heavy (non-hydrogen) atoms. The van der Waals surface area contributed by atoms with Gasteiger partial charge in [-0.15, -0.1) is 6.58 Å². The Balaban J connectivity index is 5.04.